The molecule has 0 saturated heterocycles. The van der Waals surface area contributed by atoms with Crippen molar-refractivity contribution in [1.82, 2.24) is 5.32 Å². The monoisotopic (exact) mass is 313 g/mol. The predicted octanol–water partition coefficient (Wildman–Crippen LogP) is 3.82. The van der Waals surface area contributed by atoms with Crippen molar-refractivity contribution in [2.45, 2.75) is 39.7 Å². The molecule has 0 atom stereocenters. The number of alkyl carbamates (subject to hydrolysis) is 1. The van der Waals surface area contributed by atoms with E-state index in [-0.39, 0.29) is 6.09 Å². The first-order valence-electron chi connectivity index (χ1n) is 6.00. The Balaban J connectivity index is 2.38. The molecule has 0 unspecified atom stereocenters. The highest BCUT2D eigenvalue weighted by Gasteiger charge is 2.15. The molecule has 0 bridgehead atoms. The van der Waals surface area contributed by atoms with Gasteiger partial charge in [-0.15, -0.1) is 0 Å². The largest absolute Gasteiger partial charge is 0.444 e. The van der Waals surface area contributed by atoms with Crippen molar-refractivity contribution < 1.29 is 9.53 Å². The van der Waals surface area contributed by atoms with Crippen LogP contribution in [0.15, 0.2) is 22.7 Å². The Hall–Kier alpha value is -1.03. The third-order valence-electron chi connectivity index (χ3n) is 2.30. The second kappa shape index (κ2) is 6.23. The average molecular weight is 314 g/mol. The van der Waals surface area contributed by atoms with Crippen LogP contribution in [0.25, 0.3) is 0 Å². The molecular weight excluding hydrogens is 294 g/mol. The lowest BCUT2D eigenvalue weighted by atomic mass is 10.1. The van der Waals surface area contributed by atoms with E-state index in [1.54, 1.807) is 0 Å². The van der Waals surface area contributed by atoms with E-state index >= 15 is 0 Å². The molecule has 0 aliphatic rings. The zero-order valence-electron chi connectivity index (χ0n) is 11.3. The highest BCUT2D eigenvalue weighted by molar-refractivity contribution is 9.10. The van der Waals surface area contributed by atoms with Crippen molar-refractivity contribution in [2.24, 2.45) is 0 Å². The van der Waals surface area contributed by atoms with Crippen LogP contribution in [0.3, 0.4) is 0 Å². The number of amides is 1. The summed E-state index contributed by atoms with van der Waals surface area (Å²) in [6.07, 6.45) is 0.434. The molecule has 1 rings (SSSR count). The van der Waals surface area contributed by atoms with E-state index in [0.717, 1.165) is 10.9 Å². The van der Waals surface area contributed by atoms with Gasteiger partial charge in [-0.1, -0.05) is 28.1 Å². The zero-order valence-corrected chi connectivity index (χ0v) is 12.9. The van der Waals surface area contributed by atoms with Crippen LogP contribution in [0.4, 0.5) is 4.79 Å². The van der Waals surface area contributed by atoms with Gasteiger partial charge in [0.15, 0.2) is 0 Å². The second-order valence-electron chi connectivity index (χ2n) is 5.26. The van der Waals surface area contributed by atoms with Gasteiger partial charge in [-0.2, -0.15) is 0 Å². The number of carbonyl (C=O) groups excluding carboxylic acids is 1. The van der Waals surface area contributed by atoms with Crippen molar-refractivity contribution in [2.75, 3.05) is 6.54 Å². The van der Waals surface area contributed by atoms with E-state index in [0.29, 0.717) is 6.54 Å². The molecule has 0 aliphatic carbocycles. The molecule has 0 fully saturated rings. The summed E-state index contributed by atoms with van der Waals surface area (Å²) in [6.45, 7) is 8.19. The van der Waals surface area contributed by atoms with Crippen LogP contribution in [0.1, 0.15) is 31.9 Å². The van der Waals surface area contributed by atoms with E-state index < -0.39 is 5.60 Å². The van der Waals surface area contributed by atoms with Crippen molar-refractivity contribution >= 4 is 22.0 Å². The number of nitrogens with one attached hydrogen (secondary N) is 1. The lowest BCUT2D eigenvalue weighted by Crippen LogP contribution is -2.33. The summed E-state index contributed by atoms with van der Waals surface area (Å²) in [4.78, 5) is 11.4. The van der Waals surface area contributed by atoms with Gasteiger partial charge in [0.2, 0.25) is 0 Å². The van der Waals surface area contributed by atoms with Crippen LogP contribution in [-0.4, -0.2) is 18.2 Å². The van der Waals surface area contributed by atoms with Crippen LogP contribution in [0.5, 0.6) is 0 Å². The fourth-order valence-electron chi connectivity index (χ4n) is 1.49. The van der Waals surface area contributed by atoms with Gasteiger partial charge < -0.3 is 10.1 Å². The van der Waals surface area contributed by atoms with Crippen LogP contribution >= 0.6 is 15.9 Å². The standard InChI is InChI=1S/C14H20BrNO2/c1-10-9-11(5-6-12(10)15)7-8-16-13(17)18-14(2,3)4/h5-6,9H,7-8H2,1-4H3,(H,16,17). The Kier molecular flexibility index (Phi) is 5.20. The van der Waals surface area contributed by atoms with E-state index in [1.165, 1.54) is 11.1 Å². The van der Waals surface area contributed by atoms with Gasteiger partial charge in [0.1, 0.15) is 5.60 Å². The number of hydrogen-bond acceptors (Lipinski definition) is 2. The zero-order chi connectivity index (χ0) is 13.8. The van der Waals surface area contributed by atoms with Crippen molar-refractivity contribution in [1.29, 1.82) is 0 Å². The normalized spacial score (nSPS) is 11.2. The molecule has 1 amide bonds. The first kappa shape index (κ1) is 15.0. The summed E-state index contributed by atoms with van der Waals surface area (Å²) in [5, 5.41) is 2.75. The number of benzene rings is 1. The second-order valence-corrected chi connectivity index (χ2v) is 6.12. The number of aryl methyl sites for hydroxylation is 1. The quantitative estimate of drug-likeness (QED) is 0.921. The maximum absolute atomic E-state index is 11.4. The molecule has 0 heterocycles. The minimum absolute atomic E-state index is 0.365. The fraction of sp³-hybridized carbons (Fsp3) is 0.500. The van der Waals surface area contributed by atoms with Crippen LogP contribution in [-0.2, 0) is 11.2 Å². The van der Waals surface area contributed by atoms with Crippen molar-refractivity contribution in [3.05, 3.63) is 33.8 Å². The van der Waals surface area contributed by atoms with E-state index in [2.05, 4.69) is 34.2 Å². The minimum Gasteiger partial charge on any atom is -0.444 e. The molecular formula is C14H20BrNO2. The first-order valence-corrected chi connectivity index (χ1v) is 6.79. The Bertz CT molecular complexity index is 424. The third-order valence-corrected chi connectivity index (χ3v) is 3.19. The van der Waals surface area contributed by atoms with Crippen molar-refractivity contribution in [3.63, 3.8) is 0 Å². The van der Waals surface area contributed by atoms with E-state index in [1.807, 2.05) is 32.9 Å². The SMILES string of the molecule is Cc1cc(CCNC(=O)OC(C)(C)C)ccc1Br. The molecule has 100 valence electrons. The lowest BCUT2D eigenvalue weighted by molar-refractivity contribution is 0.0528. The van der Waals surface area contributed by atoms with Gasteiger partial charge in [-0.25, -0.2) is 4.79 Å². The summed E-state index contributed by atoms with van der Waals surface area (Å²) in [5.41, 5.74) is 1.95. The summed E-state index contributed by atoms with van der Waals surface area (Å²) < 4.78 is 6.26. The van der Waals surface area contributed by atoms with Gasteiger partial charge in [0.25, 0.3) is 0 Å². The van der Waals surface area contributed by atoms with E-state index in [9.17, 15) is 4.79 Å². The Morgan fingerprint density at radius 3 is 2.61 bits per heavy atom. The van der Waals surface area contributed by atoms with Crippen LogP contribution in [0.2, 0.25) is 0 Å². The van der Waals surface area contributed by atoms with Crippen molar-refractivity contribution in [3.8, 4) is 0 Å². The summed E-state index contributed by atoms with van der Waals surface area (Å²) in [6, 6.07) is 6.19. The smallest absolute Gasteiger partial charge is 0.407 e. The maximum atomic E-state index is 11.4. The molecule has 1 N–H and O–H groups in total. The van der Waals surface area contributed by atoms with Gasteiger partial charge in [0, 0.05) is 11.0 Å². The predicted molar refractivity (Wildman–Crippen MR) is 76.8 cm³/mol. The molecule has 0 radical (unpaired) electrons. The van der Waals surface area contributed by atoms with Gasteiger partial charge in [0.05, 0.1) is 0 Å². The number of ether oxygens (including phenoxy) is 1. The highest BCUT2D eigenvalue weighted by Crippen LogP contribution is 2.17. The third kappa shape index (κ3) is 5.54. The molecule has 1 aromatic carbocycles. The van der Waals surface area contributed by atoms with Crippen LogP contribution in [0, 0.1) is 6.92 Å². The van der Waals surface area contributed by atoms with Crippen LogP contribution < -0.4 is 5.32 Å². The Morgan fingerprint density at radius 1 is 1.39 bits per heavy atom. The number of rotatable bonds is 3. The van der Waals surface area contributed by atoms with Gasteiger partial charge in [-0.3, -0.25) is 0 Å². The average Bonchev–Trinajstić information content (AvgIpc) is 2.20. The Morgan fingerprint density at radius 2 is 2.06 bits per heavy atom. The lowest BCUT2D eigenvalue weighted by Gasteiger charge is -2.19. The molecule has 0 aliphatic heterocycles. The molecule has 18 heavy (non-hydrogen) atoms. The molecule has 0 saturated carbocycles. The molecule has 4 heteroatoms. The minimum atomic E-state index is -0.446. The molecule has 3 nitrogen and oxygen atoms in total. The topological polar surface area (TPSA) is 38.3 Å². The fourth-order valence-corrected chi connectivity index (χ4v) is 1.73. The van der Waals surface area contributed by atoms with Gasteiger partial charge >= 0.3 is 6.09 Å². The summed E-state index contributed by atoms with van der Waals surface area (Å²) in [5.74, 6) is 0. The molecule has 0 aromatic heterocycles. The highest BCUT2D eigenvalue weighted by atomic mass is 79.9. The summed E-state index contributed by atoms with van der Waals surface area (Å²) in [7, 11) is 0. The number of carbonyl (C=O) groups is 1. The van der Waals surface area contributed by atoms with E-state index in [4.69, 9.17) is 4.74 Å². The first-order chi connectivity index (χ1) is 8.28. The number of halogens is 1. The number of hydrogen-bond donors (Lipinski definition) is 1. The molecule has 0 spiro atoms. The Labute approximate surface area is 117 Å². The molecule has 1 aromatic rings. The van der Waals surface area contributed by atoms with Gasteiger partial charge in [-0.05, 0) is 51.3 Å². The summed E-state index contributed by atoms with van der Waals surface area (Å²) >= 11 is 3.46. The maximum Gasteiger partial charge on any atom is 0.407 e.